The fraction of sp³-hybridized carbons (Fsp3) is 0.500. The number of ether oxygens (including phenoxy) is 1. The van der Waals surface area contributed by atoms with Gasteiger partial charge in [-0.25, -0.2) is 9.97 Å². The van der Waals surface area contributed by atoms with Gasteiger partial charge in [-0.3, -0.25) is 0 Å². The number of alkyl halides is 3. The van der Waals surface area contributed by atoms with E-state index in [1.807, 2.05) is 26.8 Å². The fourth-order valence-electron chi connectivity index (χ4n) is 3.17. The predicted molar refractivity (Wildman–Crippen MR) is 104 cm³/mol. The monoisotopic (exact) mass is 410 g/mol. The molecule has 158 valence electrons. The standard InChI is InChI=1S/C20H25F3N4O2/c1-12(2)19-25-17(24-13(3)11-28)9-18(26-19)27-7-6-14-8-16(29-20(21,22)23)5-4-15(14)10-27/h4-5,8-9,12-13,28H,6-7,10-11H2,1-3H3,(H,24,25,26)/t13-/m0/s1. The van der Waals surface area contributed by atoms with Gasteiger partial charge in [0.1, 0.15) is 23.2 Å². The molecule has 2 aromatic rings. The van der Waals surface area contributed by atoms with E-state index in [-0.39, 0.29) is 24.3 Å². The van der Waals surface area contributed by atoms with Crippen molar-refractivity contribution in [3.8, 4) is 5.75 Å². The van der Waals surface area contributed by atoms with Gasteiger partial charge in [0, 0.05) is 31.1 Å². The molecule has 2 N–H and O–H groups in total. The van der Waals surface area contributed by atoms with Gasteiger partial charge in [-0.2, -0.15) is 0 Å². The summed E-state index contributed by atoms with van der Waals surface area (Å²) >= 11 is 0. The van der Waals surface area contributed by atoms with Gasteiger partial charge in [0.2, 0.25) is 0 Å². The van der Waals surface area contributed by atoms with E-state index < -0.39 is 6.36 Å². The van der Waals surface area contributed by atoms with Gasteiger partial charge in [0.25, 0.3) is 0 Å². The van der Waals surface area contributed by atoms with Crippen molar-refractivity contribution in [2.75, 3.05) is 23.4 Å². The van der Waals surface area contributed by atoms with Crippen LogP contribution in [-0.2, 0) is 13.0 Å². The average molecular weight is 410 g/mol. The first kappa shape index (κ1) is 21.2. The van der Waals surface area contributed by atoms with Crippen LogP contribution in [0.25, 0.3) is 0 Å². The fourth-order valence-corrected chi connectivity index (χ4v) is 3.17. The molecule has 1 atom stereocenters. The third-order valence-electron chi connectivity index (χ3n) is 4.66. The maximum Gasteiger partial charge on any atom is 0.573 e. The first-order valence-corrected chi connectivity index (χ1v) is 9.53. The number of hydrogen-bond donors (Lipinski definition) is 2. The number of halogens is 3. The second kappa shape index (κ2) is 8.44. The summed E-state index contributed by atoms with van der Waals surface area (Å²) in [4.78, 5) is 11.3. The molecule has 0 saturated carbocycles. The second-order valence-corrected chi connectivity index (χ2v) is 7.50. The van der Waals surface area contributed by atoms with Crippen molar-refractivity contribution in [2.45, 2.75) is 52.1 Å². The van der Waals surface area contributed by atoms with E-state index in [2.05, 4.69) is 24.9 Å². The van der Waals surface area contributed by atoms with E-state index in [9.17, 15) is 18.3 Å². The summed E-state index contributed by atoms with van der Waals surface area (Å²) in [6.45, 7) is 7.00. The third kappa shape index (κ3) is 5.50. The maximum absolute atomic E-state index is 12.4. The number of fused-ring (bicyclic) bond motifs is 1. The average Bonchev–Trinajstić information content (AvgIpc) is 2.65. The number of rotatable bonds is 6. The molecule has 0 saturated heterocycles. The number of aliphatic hydroxyl groups excluding tert-OH is 1. The SMILES string of the molecule is CC(C)c1nc(N[C@@H](C)CO)cc(N2CCc3cc(OC(F)(F)F)ccc3C2)n1. The van der Waals surface area contributed by atoms with E-state index in [0.29, 0.717) is 31.2 Å². The minimum atomic E-state index is -4.70. The Bertz CT molecular complexity index is 858. The first-order chi connectivity index (χ1) is 13.6. The highest BCUT2D eigenvalue weighted by molar-refractivity contribution is 5.52. The minimum Gasteiger partial charge on any atom is -0.406 e. The first-order valence-electron chi connectivity index (χ1n) is 9.53. The molecule has 6 nitrogen and oxygen atoms in total. The molecule has 1 aliphatic heterocycles. The van der Waals surface area contributed by atoms with Crippen LogP contribution in [0.15, 0.2) is 24.3 Å². The zero-order valence-electron chi connectivity index (χ0n) is 16.6. The molecule has 29 heavy (non-hydrogen) atoms. The van der Waals surface area contributed by atoms with Crippen LogP contribution in [0.4, 0.5) is 24.8 Å². The Morgan fingerprint density at radius 1 is 1.17 bits per heavy atom. The zero-order valence-corrected chi connectivity index (χ0v) is 16.6. The maximum atomic E-state index is 12.4. The van der Waals surface area contributed by atoms with Crippen molar-refractivity contribution in [3.63, 3.8) is 0 Å². The van der Waals surface area contributed by atoms with E-state index in [1.165, 1.54) is 12.1 Å². The van der Waals surface area contributed by atoms with Crippen LogP contribution < -0.4 is 15.0 Å². The summed E-state index contributed by atoms with van der Waals surface area (Å²) in [5.74, 6) is 2.00. The number of anilines is 2. The van der Waals surface area contributed by atoms with Crippen molar-refractivity contribution in [3.05, 3.63) is 41.2 Å². The van der Waals surface area contributed by atoms with Gasteiger partial charge in [0.05, 0.1) is 6.61 Å². The number of nitrogens with zero attached hydrogens (tertiary/aromatic N) is 3. The highest BCUT2D eigenvalue weighted by atomic mass is 19.4. The van der Waals surface area contributed by atoms with Crippen LogP contribution in [-0.4, -0.2) is 40.6 Å². The lowest BCUT2D eigenvalue weighted by atomic mass is 9.99. The molecule has 0 amide bonds. The normalized spacial score (nSPS) is 15.2. The summed E-state index contributed by atoms with van der Waals surface area (Å²) in [7, 11) is 0. The molecule has 9 heteroatoms. The summed E-state index contributed by atoms with van der Waals surface area (Å²) in [6, 6.07) is 6.15. The summed E-state index contributed by atoms with van der Waals surface area (Å²) in [6.07, 6.45) is -4.11. The third-order valence-corrected chi connectivity index (χ3v) is 4.66. The quantitative estimate of drug-likeness (QED) is 0.754. The molecule has 0 bridgehead atoms. The van der Waals surface area contributed by atoms with Crippen LogP contribution in [0.3, 0.4) is 0 Å². The van der Waals surface area contributed by atoms with Crippen LogP contribution in [0.1, 0.15) is 43.6 Å². The van der Waals surface area contributed by atoms with Gasteiger partial charge in [0.15, 0.2) is 0 Å². The lowest BCUT2D eigenvalue weighted by Crippen LogP contribution is -2.32. The molecule has 0 unspecified atom stereocenters. The highest BCUT2D eigenvalue weighted by Crippen LogP contribution is 2.30. The van der Waals surface area contributed by atoms with Crippen molar-refractivity contribution in [1.29, 1.82) is 0 Å². The molecule has 3 rings (SSSR count). The molecule has 0 fully saturated rings. The second-order valence-electron chi connectivity index (χ2n) is 7.50. The van der Waals surface area contributed by atoms with Gasteiger partial charge in [-0.1, -0.05) is 19.9 Å². The Morgan fingerprint density at radius 3 is 2.59 bits per heavy atom. The molecule has 0 aliphatic carbocycles. The Kier molecular flexibility index (Phi) is 6.16. The van der Waals surface area contributed by atoms with E-state index in [1.54, 1.807) is 6.07 Å². The van der Waals surface area contributed by atoms with Crippen LogP contribution >= 0.6 is 0 Å². The molecule has 1 aliphatic rings. The van der Waals surface area contributed by atoms with Crippen molar-refractivity contribution < 1.29 is 23.0 Å². The summed E-state index contributed by atoms with van der Waals surface area (Å²) < 4.78 is 41.4. The minimum absolute atomic E-state index is 0.0181. The van der Waals surface area contributed by atoms with Gasteiger partial charge in [-0.05, 0) is 36.6 Å². The van der Waals surface area contributed by atoms with Gasteiger partial charge >= 0.3 is 6.36 Å². The van der Waals surface area contributed by atoms with Crippen molar-refractivity contribution in [1.82, 2.24) is 9.97 Å². The molecule has 1 aromatic carbocycles. The number of aliphatic hydroxyl groups is 1. The number of benzene rings is 1. The molecule has 2 heterocycles. The largest absolute Gasteiger partial charge is 0.573 e. The van der Waals surface area contributed by atoms with Crippen molar-refractivity contribution >= 4 is 11.6 Å². The number of nitrogens with one attached hydrogen (secondary N) is 1. The Hall–Kier alpha value is -2.55. The van der Waals surface area contributed by atoms with Crippen LogP contribution in [0.2, 0.25) is 0 Å². The summed E-state index contributed by atoms with van der Waals surface area (Å²) in [5, 5.41) is 12.5. The Labute approximate surface area is 167 Å². The molecule has 0 spiro atoms. The topological polar surface area (TPSA) is 70.5 Å². The predicted octanol–water partition coefficient (Wildman–Crippen LogP) is 3.85. The van der Waals surface area contributed by atoms with Crippen LogP contribution in [0.5, 0.6) is 5.75 Å². The molecule has 1 aromatic heterocycles. The highest BCUT2D eigenvalue weighted by Gasteiger charge is 2.31. The lowest BCUT2D eigenvalue weighted by Gasteiger charge is -2.31. The van der Waals surface area contributed by atoms with E-state index in [0.717, 1.165) is 16.9 Å². The molecule has 0 radical (unpaired) electrons. The Morgan fingerprint density at radius 2 is 1.93 bits per heavy atom. The van der Waals surface area contributed by atoms with Gasteiger partial charge < -0.3 is 20.1 Å². The summed E-state index contributed by atoms with van der Waals surface area (Å²) in [5.41, 5.74) is 1.78. The number of hydrogen-bond acceptors (Lipinski definition) is 6. The van der Waals surface area contributed by atoms with E-state index >= 15 is 0 Å². The Balaban J connectivity index is 1.83. The smallest absolute Gasteiger partial charge is 0.406 e. The van der Waals surface area contributed by atoms with Crippen molar-refractivity contribution in [2.24, 2.45) is 0 Å². The number of aromatic nitrogens is 2. The lowest BCUT2D eigenvalue weighted by molar-refractivity contribution is -0.274. The van der Waals surface area contributed by atoms with Crippen LogP contribution in [0, 0.1) is 0 Å². The molecular formula is C20H25F3N4O2. The molecular weight excluding hydrogens is 385 g/mol. The zero-order chi connectivity index (χ0) is 21.2. The van der Waals surface area contributed by atoms with Gasteiger partial charge in [-0.15, -0.1) is 13.2 Å². The van der Waals surface area contributed by atoms with E-state index in [4.69, 9.17) is 0 Å².